The molecule has 0 aromatic heterocycles. The van der Waals surface area contributed by atoms with Crippen LogP contribution in [0.2, 0.25) is 0 Å². The van der Waals surface area contributed by atoms with E-state index in [1.165, 1.54) is 0 Å². The summed E-state index contributed by atoms with van der Waals surface area (Å²) < 4.78 is 5.43. The highest BCUT2D eigenvalue weighted by atomic mass is 16.5. The van der Waals surface area contributed by atoms with Crippen LogP contribution in [0, 0.1) is 5.92 Å². The Kier molecular flexibility index (Phi) is 6.44. The minimum Gasteiger partial charge on any atom is -0.492 e. The van der Waals surface area contributed by atoms with Crippen LogP contribution in [0.4, 0.5) is 5.69 Å². The monoisotopic (exact) mass is 367 g/mol. The summed E-state index contributed by atoms with van der Waals surface area (Å²) in [6, 6.07) is 16.4. The maximum Gasteiger partial charge on any atom is 0.253 e. The van der Waals surface area contributed by atoms with E-state index < -0.39 is 0 Å². The third-order valence-electron chi connectivity index (χ3n) is 4.61. The fourth-order valence-electron chi connectivity index (χ4n) is 3.19. The van der Waals surface area contributed by atoms with Gasteiger partial charge in [0.05, 0.1) is 5.92 Å². The van der Waals surface area contributed by atoms with E-state index >= 15 is 0 Å². The summed E-state index contributed by atoms with van der Waals surface area (Å²) >= 11 is 0. The van der Waals surface area contributed by atoms with Gasteiger partial charge < -0.3 is 20.7 Å². The van der Waals surface area contributed by atoms with Gasteiger partial charge in [-0.05, 0) is 49.2 Å². The number of hydrogen-bond donors (Lipinski definition) is 2. The predicted molar refractivity (Wildman–Crippen MR) is 105 cm³/mol. The number of carbonyl (C=O) groups excluding carboxylic acids is 2. The SMILES string of the molecule is NCCOc1ccc(NC(=O)C2CCCN(C(=O)c3ccccc3)C2)cc1. The molecule has 1 saturated heterocycles. The van der Waals surface area contributed by atoms with Crippen molar-refractivity contribution in [2.75, 3.05) is 31.6 Å². The summed E-state index contributed by atoms with van der Waals surface area (Å²) in [4.78, 5) is 27.0. The van der Waals surface area contributed by atoms with Crippen molar-refractivity contribution in [3.05, 3.63) is 60.2 Å². The highest BCUT2D eigenvalue weighted by Crippen LogP contribution is 2.21. The molecule has 3 rings (SSSR count). The van der Waals surface area contributed by atoms with Gasteiger partial charge in [-0.15, -0.1) is 0 Å². The third-order valence-corrected chi connectivity index (χ3v) is 4.61. The third kappa shape index (κ3) is 5.08. The average molecular weight is 367 g/mol. The molecule has 2 aromatic rings. The normalized spacial score (nSPS) is 16.6. The van der Waals surface area contributed by atoms with Crippen LogP contribution in [0.15, 0.2) is 54.6 Å². The molecular formula is C21H25N3O3. The number of likely N-dealkylation sites (tertiary alicyclic amines) is 1. The van der Waals surface area contributed by atoms with Gasteiger partial charge in [0.1, 0.15) is 12.4 Å². The van der Waals surface area contributed by atoms with Gasteiger partial charge in [-0.1, -0.05) is 18.2 Å². The van der Waals surface area contributed by atoms with Gasteiger partial charge in [0, 0.05) is 30.9 Å². The van der Waals surface area contributed by atoms with Crippen molar-refractivity contribution in [3.8, 4) is 5.75 Å². The van der Waals surface area contributed by atoms with Crippen LogP contribution in [0.25, 0.3) is 0 Å². The van der Waals surface area contributed by atoms with Crippen LogP contribution in [-0.2, 0) is 4.79 Å². The van der Waals surface area contributed by atoms with Crippen molar-refractivity contribution in [1.29, 1.82) is 0 Å². The Balaban J connectivity index is 1.57. The Labute approximate surface area is 159 Å². The fraction of sp³-hybridized carbons (Fsp3) is 0.333. The van der Waals surface area contributed by atoms with Crippen LogP contribution >= 0.6 is 0 Å². The first-order valence-corrected chi connectivity index (χ1v) is 9.25. The summed E-state index contributed by atoms with van der Waals surface area (Å²) in [5.41, 5.74) is 6.79. The molecule has 1 fully saturated rings. The number of nitrogens with two attached hydrogens (primary N) is 1. The van der Waals surface area contributed by atoms with Crippen molar-refractivity contribution < 1.29 is 14.3 Å². The van der Waals surface area contributed by atoms with Gasteiger partial charge in [0.25, 0.3) is 5.91 Å². The van der Waals surface area contributed by atoms with E-state index in [-0.39, 0.29) is 17.7 Å². The molecule has 1 unspecified atom stereocenters. The number of carbonyl (C=O) groups is 2. The van der Waals surface area contributed by atoms with Crippen LogP contribution < -0.4 is 15.8 Å². The van der Waals surface area contributed by atoms with E-state index in [4.69, 9.17) is 10.5 Å². The Morgan fingerprint density at radius 1 is 1.11 bits per heavy atom. The summed E-state index contributed by atoms with van der Waals surface area (Å²) in [6.07, 6.45) is 1.60. The number of anilines is 1. The fourth-order valence-corrected chi connectivity index (χ4v) is 3.19. The lowest BCUT2D eigenvalue weighted by Crippen LogP contribution is -2.43. The lowest BCUT2D eigenvalue weighted by atomic mass is 9.96. The standard InChI is InChI=1S/C21H25N3O3/c22-12-14-27-19-10-8-18(9-11-19)23-20(25)17-7-4-13-24(15-17)21(26)16-5-2-1-3-6-16/h1-3,5-6,8-11,17H,4,7,12-15,22H2,(H,23,25). The van der Waals surface area contributed by atoms with E-state index in [9.17, 15) is 9.59 Å². The van der Waals surface area contributed by atoms with Crippen molar-refractivity contribution in [3.63, 3.8) is 0 Å². The number of hydrogen-bond acceptors (Lipinski definition) is 4. The second kappa shape index (κ2) is 9.19. The Bertz CT molecular complexity index is 762. The zero-order chi connectivity index (χ0) is 19.1. The van der Waals surface area contributed by atoms with Gasteiger partial charge in [-0.2, -0.15) is 0 Å². The topological polar surface area (TPSA) is 84.7 Å². The van der Waals surface area contributed by atoms with Crippen molar-refractivity contribution in [2.24, 2.45) is 11.7 Å². The molecule has 0 radical (unpaired) electrons. The zero-order valence-corrected chi connectivity index (χ0v) is 15.3. The molecule has 1 aliphatic heterocycles. The van der Waals surface area contributed by atoms with E-state index in [1.54, 1.807) is 41.3 Å². The maximum absolute atomic E-state index is 12.6. The number of piperidine rings is 1. The molecule has 0 saturated carbocycles. The Morgan fingerprint density at radius 3 is 2.56 bits per heavy atom. The summed E-state index contributed by atoms with van der Waals surface area (Å²) in [7, 11) is 0. The molecule has 27 heavy (non-hydrogen) atoms. The Hall–Kier alpha value is -2.86. The van der Waals surface area contributed by atoms with E-state index in [2.05, 4.69) is 5.32 Å². The number of ether oxygens (including phenoxy) is 1. The van der Waals surface area contributed by atoms with Crippen LogP contribution in [-0.4, -0.2) is 43.0 Å². The molecule has 1 heterocycles. The van der Waals surface area contributed by atoms with Crippen molar-refractivity contribution in [1.82, 2.24) is 4.90 Å². The van der Waals surface area contributed by atoms with Gasteiger partial charge in [0.2, 0.25) is 5.91 Å². The molecule has 6 heteroatoms. The molecule has 0 aliphatic carbocycles. The number of amides is 2. The molecular weight excluding hydrogens is 342 g/mol. The lowest BCUT2D eigenvalue weighted by Gasteiger charge is -2.32. The van der Waals surface area contributed by atoms with Gasteiger partial charge in [0.15, 0.2) is 0 Å². The summed E-state index contributed by atoms with van der Waals surface area (Å²) in [5, 5.41) is 2.94. The lowest BCUT2D eigenvalue weighted by molar-refractivity contribution is -0.121. The minimum absolute atomic E-state index is 0.0190. The molecule has 1 atom stereocenters. The van der Waals surface area contributed by atoms with Crippen molar-refractivity contribution in [2.45, 2.75) is 12.8 Å². The van der Waals surface area contributed by atoms with E-state index in [0.29, 0.717) is 37.5 Å². The largest absolute Gasteiger partial charge is 0.492 e. The quantitative estimate of drug-likeness (QED) is 0.822. The summed E-state index contributed by atoms with van der Waals surface area (Å²) in [6.45, 7) is 2.04. The smallest absolute Gasteiger partial charge is 0.253 e. The number of benzene rings is 2. The van der Waals surface area contributed by atoms with Crippen LogP contribution in [0.1, 0.15) is 23.2 Å². The molecule has 1 aliphatic rings. The second-order valence-corrected chi connectivity index (χ2v) is 6.61. The van der Waals surface area contributed by atoms with Crippen molar-refractivity contribution >= 4 is 17.5 Å². The highest BCUT2D eigenvalue weighted by molar-refractivity contribution is 5.96. The van der Waals surface area contributed by atoms with Crippen LogP contribution in [0.3, 0.4) is 0 Å². The molecule has 2 aromatic carbocycles. The zero-order valence-electron chi connectivity index (χ0n) is 15.3. The average Bonchev–Trinajstić information content (AvgIpc) is 2.73. The Morgan fingerprint density at radius 2 is 1.85 bits per heavy atom. The first-order valence-electron chi connectivity index (χ1n) is 9.25. The number of rotatable bonds is 6. The summed E-state index contributed by atoms with van der Waals surface area (Å²) in [5.74, 6) is 0.432. The van der Waals surface area contributed by atoms with Gasteiger partial charge in [-0.3, -0.25) is 9.59 Å². The minimum atomic E-state index is -0.209. The maximum atomic E-state index is 12.6. The number of nitrogens with zero attached hydrogens (tertiary/aromatic N) is 1. The highest BCUT2D eigenvalue weighted by Gasteiger charge is 2.28. The molecule has 2 amide bonds. The molecule has 0 spiro atoms. The van der Waals surface area contributed by atoms with Gasteiger partial charge in [-0.25, -0.2) is 0 Å². The molecule has 0 bridgehead atoms. The second-order valence-electron chi connectivity index (χ2n) is 6.61. The van der Waals surface area contributed by atoms with E-state index in [1.807, 2.05) is 18.2 Å². The first kappa shape index (κ1) is 18.9. The first-order chi connectivity index (χ1) is 13.2. The number of nitrogens with one attached hydrogen (secondary N) is 1. The molecule has 142 valence electrons. The van der Waals surface area contributed by atoms with Gasteiger partial charge >= 0.3 is 0 Å². The van der Waals surface area contributed by atoms with E-state index in [0.717, 1.165) is 18.6 Å². The van der Waals surface area contributed by atoms with Crippen LogP contribution in [0.5, 0.6) is 5.75 Å². The molecule has 3 N–H and O–H groups in total. The molecule has 6 nitrogen and oxygen atoms in total. The predicted octanol–water partition coefficient (Wildman–Crippen LogP) is 2.51.